The number of halogens is 1. The first-order valence-corrected chi connectivity index (χ1v) is 6.19. The summed E-state index contributed by atoms with van der Waals surface area (Å²) in [5.41, 5.74) is 0.435. The molecule has 1 heterocycles. The third kappa shape index (κ3) is 3.09. The van der Waals surface area contributed by atoms with Crippen LogP contribution in [0.25, 0.3) is 0 Å². The highest BCUT2D eigenvalue weighted by Crippen LogP contribution is 2.32. The smallest absolute Gasteiger partial charge is 0.273 e. The molecule has 0 aliphatic heterocycles. The highest BCUT2D eigenvalue weighted by Gasteiger charge is 2.13. The van der Waals surface area contributed by atoms with Crippen LogP contribution in [0.2, 0.25) is 4.34 Å². The van der Waals surface area contributed by atoms with E-state index in [9.17, 15) is 10.1 Å². The zero-order valence-electron chi connectivity index (χ0n) is 9.70. The number of benzene rings is 1. The van der Waals surface area contributed by atoms with Gasteiger partial charge in [0.2, 0.25) is 0 Å². The Bertz CT molecular complexity index is 604. The molecule has 0 saturated heterocycles. The van der Waals surface area contributed by atoms with Crippen molar-refractivity contribution >= 4 is 28.8 Å². The van der Waals surface area contributed by atoms with Crippen molar-refractivity contribution in [2.45, 2.75) is 6.61 Å². The number of methoxy groups -OCH3 is 1. The van der Waals surface area contributed by atoms with Crippen LogP contribution in [0, 0.1) is 10.1 Å². The van der Waals surface area contributed by atoms with Gasteiger partial charge in [0, 0.05) is 17.6 Å². The van der Waals surface area contributed by atoms with Crippen molar-refractivity contribution in [2.75, 3.05) is 7.11 Å². The Kier molecular flexibility index (Phi) is 4.13. The Balaban J connectivity index is 2.16. The van der Waals surface area contributed by atoms with E-state index in [0.29, 0.717) is 15.8 Å². The molecule has 0 amide bonds. The summed E-state index contributed by atoms with van der Waals surface area (Å²) >= 11 is 6.90. The summed E-state index contributed by atoms with van der Waals surface area (Å²) in [4.78, 5) is 10.1. The summed E-state index contributed by atoms with van der Waals surface area (Å²) in [6.45, 7) is 0.115. The molecular formula is C10H8ClN3O4S. The minimum Gasteiger partial charge on any atom is -0.493 e. The van der Waals surface area contributed by atoms with Crippen molar-refractivity contribution in [3.63, 3.8) is 0 Å². The Hall–Kier alpha value is -1.93. The summed E-state index contributed by atoms with van der Waals surface area (Å²) < 4.78 is 14.6. The maximum Gasteiger partial charge on any atom is 0.273 e. The van der Waals surface area contributed by atoms with E-state index in [0.717, 1.165) is 11.5 Å². The average Bonchev–Trinajstić information content (AvgIpc) is 2.81. The maximum absolute atomic E-state index is 10.6. The van der Waals surface area contributed by atoms with Crippen LogP contribution in [0.15, 0.2) is 18.2 Å². The Morgan fingerprint density at radius 3 is 2.84 bits per heavy atom. The first kappa shape index (κ1) is 13.5. The SMILES string of the molecule is COc1cc([N+](=O)[O-])ccc1OCc1nnsc1Cl. The van der Waals surface area contributed by atoms with Crippen LogP contribution in [0.4, 0.5) is 5.69 Å². The van der Waals surface area contributed by atoms with Gasteiger partial charge in [0.05, 0.1) is 18.1 Å². The Morgan fingerprint density at radius 2 is 2.26 bits per heavy atom. The van der Waals surface area contributed by atoms with E-state index in [1.165, 1.54) is 25.3 Å². The van der Waals surface area contributed by atoms with E-state index in [-0.39, 0.29) is 18.0 Å². The van der Waals surface area contributed by atoms with E-state index in [1.807, 2.05) is 0 Å². The molecule has 0 unspecified atom stereocenters. The second kappa shape index (κ2) is 5.81. The fourth-order valence-corrected chi connectivity index (χ4v) is 1.92. The number of hydrogen-bond donors (Lipinski definition) is 0. The van der Waals surface area contributed by atoms with Crippen LogP contribution < -0.4 is 9.47 Å². The third-order valence-corrected chi connectivity index (χ3v) is 3.22. The fraction of sp³-hybridized carbons (Fsp3) is 0.200. The zero-order valence-corrected chi connectivity index (χ0v) is 11.3. The molecule has 2 rings (SSSR count). The Labute approximate surface area is 117 Å². The molecule has 100 valence electrons. The highest BCUT2D eigenvalue weighted by atomic mass is 35.5. The second-order valence-corrected chi connectivity index (χ2v) is 4.73. The van der Waals surface area contributed by atoms with Crippen molar-refractivity contribution in [3.05, 3.63) is 38.3 Å². The van der Waals surface area contributed by atoms with Gasteiger partial charge in [-0.2, -0.15) is 0 Å². The number of aromatic nitrogens is 2. The standard InChI is InChI=1S/C10H8ClN3O4S/c1-17-9-4-6(14(15)16)2-3-8(9)18-5-7-10(11)19-13-12-7/h2-4H,5H2,1H3. The molecule has 0 N–H and O–H groups in total. The topological polar surface area (TPSA) is 87.4 Å². The molecule has 7 nitrogen and oxygen atoms in total. The molecule has 0 spiro atoms. The van der Waals surface area contributed by atoms with Crippen molar-refractivity contribution in [1.29, 1.82) is 0 Å². The Morgan fingerprint density at radius 1 is 1.47 bits per heavy atom. The quantitative estimate of drug-likeness (QED) is 0.623. The lowest BCUT2D eigenvalue weighted by Gasteiger charge is -2.09. The van der Waals surface area contributed by atoms with Gasteiger partial charge < -0.3 is 9.47 Å². The van der Waals surface area contributed by atoms with Crippen LogP contribution in [-0.4, -0.2) is 21.6 Å². The lowest BCUT2D eigenvalue weighted by atomic mass is 10.3. The van der Waals surface area contributed by atoms with E-state index in [4.69, 9.17) is 21.1 Å². The maximum atomic E-state index is 10.6. The van der Waals surface area contributed by atoms with Crippen molar-refractivity contribution < 1.29 is 14.4 Å². The molecule has 0 bridgehead atoms. The number of nitro benzene ring substituents is 1. The highest BCUT2D eigenvalue weighted by molar-refractivity contribution is 7.10. The molecule has 1 aromatic carbocycles. The number of rotatable bonds is 5. The van der Waals surface area contributed by atoms with E-state index in [2.05, 4.69) is 9.59 Å². The number of non-ortho nitro benzene ring substituents is 1. The predicted octanol–water partition coefficient (Wildman–Crippen LogP) is 2.69. The van der Waals surface area contributed by atoms with E-state index in [1.54, 1.807) is 0 Å². The zero-order chi connectivity index (χ0) is 13.8. The molecule has 0 aliphatic rings. The summed E-state index contributed by atoms with van der Waals surface area (Å²) in [5, 5.41) is 14.4. The molecule has 1 aromatic heterocycles. The average molecular weight is 302 g/mol. The molecule has 0 saturated carbocycles. The summed E-state index contributed by atoms with van der Waals surface area (Å²) in [7, 11) is 1.41. The lowest BCUT2D eigenvalue weighted by molar-refractivity contribution is -0.385. The number of hydrogen-bond acceptors (Lipinski definition) is 7. The van der Waals surface area contributed by atoms with Gasteiger partial charge >= 0.3 is 0 Å². The number of nitro groups is 1. The van der Waals surface area contributed by atoms with Gasteiger partial charge in [0.25, 0.3) is 5.69 Å². The van der Waals surface area contributed by atoms with Gasteiger partial charge in [-0.05, 0) is 6.07 Å². The molecule has 19 heavy (non-hydrogen) atoms. The van der Waals surface area contributed by atoms with Crippen molar-refractivity contribution in [1.82, 2.24) is 9.59 Å². The molecule has 0 aliphatic carbocycles. The van der Waals surface area contributed by atoms with Gasteiger partial charge in [-0.3, -0.25) is 10.1 Å². The number of ether oxygens (including phenoxy) is 2. The largest absolute Gasteiger partial charge is 0.493 e. The molecule has 2 aromatic rings. The summed E-state index contributed by atoms with van der Waals surface area (Å²) in [6.07, 6.45) is 0. The predicted molar refractivity (Wildman–Crippen MR) is 68.9 cm³/mol. The van der Waals surface area contributed by atoms with Crippen LogP contribution in [0.1, 0.15) is 5.69 Å². The summed E-state index contributed by atoms with van der Waals surface area (Å²) in [5.74, 6) is 0.644. The summed E-state index contributed by atoms with van der Waals surface area (Å²) in [6, 6.07) is 4.08. The first-order chi connectivity index (χ1) is 9.11. The molecule has 9 heteroatoms. The van der Waals surface area contributed by atoms with Crippen molar-refractivity contribution in [3.8, 4) is 11.5 Å². The van der Waals surface area contributed by atoms with Crippen LogP contribution in [0.3, 0.4) is 0 Å². The van der Waals surface area contributed by atoms with Gasteiger partial charge in [0.15, 0.2) is 11.5 Å². The van der Waals surface area contributed by atoms with Gasteiger partial charge in [0.1, 0.15) is 16.6 Å². The second-order valence-electron chi connectivity index (χ2n) is 3.37. The first-order valence-electron chi connectivity index (χ1n) is 5.03. The number of nitrogens with zero attached hydrogens (tertiary/aromatic N) is 3. The monoisotopic (exact) mass is 301 g/mol. The fourth-order valence-electron chi connectivity index (χ4n) is 1.32. The molecule has 0 radical (unpaired) electrons. The minimum atomic E-state index is -0.506. The lowest BCUT2D eigenvalue weighted by Crippen LogP contribution is -1.99. The van der Waals surface area contributed by atoms with E-state index >= 15 is 0 Å². The van der Waals surface area contributed by atoms with Gasteiger partial charge in [-0.1, -0.05) is 16.1 Å². The molecule has 0 atom stereocenters. The third-order valence-electron chi connectivity index (χ3n) is 2.23. The van der Waals surface area contributed by atoms with Crippen LogP contribution >= 0.6 is 23.1 Å². The minimum absolute atomic E-state index is 0.0717. The molecular weight excluding hydrogens is 294 g/mol. The van der Waals surface area contributed by atoms with E-state index < -0.39 is 4.92 Å². The molecule has 0 fully saturated rings. The van der Waals surface area contributed by atoms with Crippen LogP contribution in [0.5, 0.6) is 11.5 Å². The normalized spacial score (nSPS) is 10.2. The van der Waals surface area contributed by atoms with Gasteiger partial charge in [-0.15, -0.1) is 5.10 Å². The van der Waals surface area contributed by atoms with Crippen LogP contribution in [-0.2, 0) is 6.61 Å². The van der Waals surface area contributed by atoms with Gasteiger partial charge in [-0.25, -0.2) is 0 Å². The van der Waals surface area contributed by atoms with Crippen molar-refractivity contribution in [2.24, 2.45) is 0 Å².